The first-order valence-corrected chi connectivity index (χ1v) is 23.5. The second-order valence-electron chi connectivity index (χ2n) is 7.86. The Morgan fingerprint density at radius 1 is 0.684 bits per heavy atom. The summed E-state index contributed by atoms with van der Waals surface area (Å²) >= 11 is 0. The van der Waals surface area contributed by atoms with Crippen LogP contribution in [-0.2, 0) is 0 Å². The van der Waals surface area contributed by atoms with Gasteiger partial charge in [-0.3, -0.25) is 0 Å². The number of rotatable bonds is 6. The third kappa shape index (κ3) is 7.48. The fourth-order valence-electron chi connectivity index (χ4n) is 2.07. The highest BCUT2D eigenvalue weighted by molar-refractivity contribution is 7.70. The second-order valence-corrected chi connectivity index (χ2v) is 35.5. The van der Waals surface area contributed by atoms with Gasteiger partial charge in [0.2, 0.25) is 0 Å². The summed E-state index contributed by atoms with van der Waals surface area (Å²) in [6.45, 7) is 21.2. The van der Waals surface area contributed by atoms with Crippen LogP contribution in [0.2, 0.25) is 58.9 Å². The molecule has 19 heavy (non-hydrogen) atoms. The summed E-state index contributed by atoms with van der Waals surface area (Å²) in [7, 11) is 12.2. The monoisotopic (exact) mass is 411 g/mol. The van der Waals surface area contributed by atoms with Gasteiger partial charge >= 0.3 is 10.5 Å². The fraction of sp³-hybridized carbons (Fsp3) is 1.00. The molecule has 0 N–H and O–H groups in total. The van der Waals surface area contributed by atoms with Crippen LogP contribution in [-0.4, -0.2) is 42.6 Å². The molecule has 2 nitrogen and oxygen atoms in total. The summed E-state index contributed by atoms with van der Waals surface area (Å²) in [6.07, 6.45) is 0. The van der Waals surface area contributed by atoms with E-state index in [1.807, 2.05) is 0 Å². The molecule has 0 heterocycles. The Bertz CT molecular complexity index is 252. The van der Waals surface area contributed by atoms with E-state index < -0.39 is 35.2 Å². The summed E-state index contributed by atoms with van der Waals surface area (Å²) in [5.74, 6) is 0. The van der Waals surface area contributed by atoms with Crippen molar-refractivity contribution in [2.45, 2.75) is 58.9 Å². The van der Waals surface area contributed by atoms with E-state index >= 15 is 0 Å². The van der Waals surface area contributed by atoms with Crippen molar-refractivity contribution in [3.05, 3.63) is 0 Å². The Balaban J connectivity index is 5.43. The van der Waals surface area contributed by atoms with Gasteiger partial charge in [0.1, 0.15) is 16.5 Å². The first-order chi connectivity index (χ1) is 7.97. The standard InChI is InChI=1S/C9H28N2PSi3.Al.3ClH/c1-13(2,3)10-12-11(14(4,5)6)15(7,8)9;;;;/h12H,1-9H3;;3*1H/q-1;+3;;;/p-3. The minimum absolute atomic E-state index is 0.550. The van der Waals surface area contributed by atoms with Gasteiger partial charge in [0.05, 0.1) is 8.24 Å². The molecule has 0 rings (SSSR count). The lowest BCUT2D eigenvalue weighted by Crippen LogP contribution is -2.59. The Morgan fingerprint density at radius 3 is 1.16 bits per heavy atom. The van der Waals surface area contributed by atoms with Crippen LogP contribution in [0.1, 0.15) is 0 Å². The third-order valence-corrected chi connectivity index (χ3v) is 28.4. The lowest BCUT2D eigenvalue weighted by atomic mass is 11.8. The quantitative estimate of drug-likeness (QED) is 0.404. The van der Waals surface area contributed by atoms with Gasteiger partial charge in [-0.05, 0) is 8.88 Å². The Hall–Kier alpha value is 2.40. The largest absolute Gasteiger partial charge is 0.553 e. The van der Waals surface area contributed by atoms with E-state index in [9.17, 15) is 0 Å². The van der Waals surface area contributed by atoms with Crippen molar-refractivity contribution in [2.75, 3.05) is 0 Å². The third-order valence-electron chi connectivity index (χ3n) is 2.56. The molecule has 0 aromatic carbocycles. The average molecular weight is 413 g/mol. The molecule has 0 saturated heterocycles. The minimum Gasteiger partial charge on any atom is -0.468 e. The highest BCUT2D eigenvalue weighted by Gasteiger charge is 2.43. The second kappa shape index (κ2) is 6.88. The van der Waals surface area contributed by atoms with Crippen molar-refractivity contribution in [3.63, 3.8) is 0 Å². The molecule has 1 atom stereocenters. The maximum atomic E-state index is 6.40. The Kier molecular flexibility index (Phi) is 7.76. The molecule has 0 spiro atoms. The van der Waals surface area contributed by atoms with E-state index in [2.05, 4.69) is 66.2 Å². The fourth-order valence-corrected chi connectivity index (χ4v) is 29.6. The molecule has 0 amide bonds. The van der Waals surface area contributed by atoms with Gasteiger partial charge in [0.25, 0.3) is 0 Å². The van der Waals surface area contributed by atoms with E-state index in [0.717, 1.165) is 0 Å². The maximum Gasteiger partial charge on any atom is 0.553 e. The van der Waals surface area contributed by atoms with Crippen LogP contribution in [0.5, 0.6) is 0 Å². The molecule has 0 fully saturated rings. The number of halogens is 3. The average Bonchev–Trinajstić information content (AvgIpc) is 1.91. The normalized spacial score (nSPS) is 16.1. The predicted molar refractivity (Wildman–Crippen MR) is 105 cm³/mol. The van der Waals surface area contributed by atoms with Gasteiger partial charge in [0, 0.05) is 0 Å². The number of hydrogen-bond donors (Lipinski definition) is 0. The highest BCUT2D eigenvalue weighted by atomic mass is 35.8. The lowest BCUT2D eigenvalue weighted by Gasteiger charge is -2.54. The van der Waals surface area contributed by atoms with Crippen LogP contribution in [0.3, 0.4) is 0 Å². The van der Waals surface area contributed by atoms with Crippen molar-refractivity contribution in [2.24, 2.45) is 0 Å². The van der Waals surface area contributed by atoms with Gasteiger partial charge in [-0.25, -0.2) is 0 Å². The molecule has 0 aliphatic carbocycles. The van der Waals surface area contributed by atoms with Crippen LogP contribution in [0.15, 0.2) is 0 Å². The highest BCUT2D eigenvalue weighted by Crippen LogP contribution is 2.45. The van der Waals surface area contributed by atoms with Crippen LogP contribution in [0.25, 0.3) is 0 Å². The molecule has 116 valence electrons. The summed E-state index contributed by atoms with van der Waals surface area (Å²) in [5.41, 5.74) is 0. The zero-order chi connectivity index (χ0) is 15.9. The molecule has 0 aromatic heterocycles. The minimum atomic E-state index is -3.12. The molecule has 0 bridgehead atoms. The van der Waals surface area contributed by atoms with Crippen LogP contribution in [0, 0.1) is 0 Å². The molecule has 10 heteroatoms. The summed E-state index contributed by atoms with van der Waals surface area (Å²) in [5, 5.41) is 0. The maximum absolute atomic E-state index is 6.40. The van der Waals surface area contributed by atoms with Crippen LogP contribution < -0.4 is 0 Å². The van der Waals surface area contributed by atoms with Crippen LogP contribution >= 0.6 is 39.0 Å². The van der Waals surface area contributed by atoms with Gasteiger partial charge in [0.15, 0.2) is 0 Å². The molecular formula is C9H28AlCl3N2PSi3-. The Labute approximate surface area is 139 Å². The first-order valence-electron chi connectivity index (χ1n) is 6.53. The smallest absolute Gasteiger partial charge is 0.468 e. The van der Waals surface area contributed by atoms with Crippen molar-refractivity contribution in [3.8, 4) is 0 Å². The van der Waals surface area contributed by atoms with Crippen molar-refractivity contribution >= 4 is 74.3 Å². The van der Waals surface area contributed by atoms with Crippen LogP contribution in [0.4, 0.5) is 0 Å². The summed E-state index contributed by atoms with van der Waals surface area (Å²) < 4.78 is 5.02. The topological polar surface area (TPSA) is 6.48 Å². The lowest BCUT2D eigenvalue weighted by molar-refractivity contribution is 0.912. The number of hydrogen-bond acceptors (Lipinski definition) is 2. The molecule has 0 aromatic rings. The molecule has 0 saturated carbocycles. The van der Waals surface area contributed by atoms with Gasteiger partial charge in [-0.15, -0.1) is 0 Å². The molecule has 0 aliphatic heterocycles. The predicted octanol–water partition coefficient (Wildman–Crippen LogP) is 5.76. The van der Waals surface area contributed by atoms with E-state index in [0.29, 0.717) is 8.88 Å². The zero-order valence-electron chi connectivity index (χ0n) is 13.6. The number of nitrogens with zero attached hydrogens (tertiary/aromatic N) is 2. The summed E-state index contributed by atoms with van der Waals surface area (Å²) in [4.78, 5) is 0. The van der Waals surface area contributed by atoms with E-state index in [1.54, 1.807) is 0 Å². The van der Waals surface area contributed by atoms with Crippen molar-refractivity contribution in [1.29, 1.82) is 0 Å². The van der Waals surface area contributed by atoms with E-state index in [-0.39, 0.29) is 0 Å². The summed E-state index contributed by atoms with van der Waals surface area (Å²) in [6, 6.07) is 0. The van der Waals surface area contributed by atoms with Gasteiger partial charge < -0.3 is 37.5 Å². The molecule has 1 unspecified atom stereocenters. The Morgan fingerprint density at radius 2 is 1.00 bits per heavy atom. The van der Waals surface area contributed by atoms with Gasteiger partial charge in [-0.2, -0.15) is 0 Å². The van der Waals surface area contributed by atoms with Crippen molar-refractivity contribution < 1.29 is 0 Å². The molecule has 0 aliphatic rings. The van der Waals surface area contributed by atoms with Gasteiger partial charge in [-0.1, -0.05) is 58.9 Å². The zero-order valence-corrected chi connectivity index (χ0v) is 21.0. The van der Waals surface area contributed by atoms with Crippen molar-refractivity contribution in [1.82, 2.24) is 7.32 Å². The van der Waals surface area contributed by atoms with E-state index in [4.69, 9.17) is 30.1 Å². The SMILES string of the molecule is C[Si](C)(C)[N](PN([Si](C)(C)C)[Si](C)(C)C)[Al-]([Cl])([Cl])[Cl]. The first kappa shape index (κ1) is 21.4. The van der Waals surface area contributed by atoms with E-state index in [1.165, 1.54) is 0 Å². The molecular weight excluding hydrogens is 385 g/mol. The molecule has 0 radical (unpaired) electrons.